The van der Waals surface area contributed by atoms with Gasteiger partial charge in [-0.1, -0.05) is 0 Å². The van der Waals surface area contributed by atoms with Gasteiger partial charge in [-0.2, -0.15) is 0 Å². The van der Waals surface area contributed by atoms with Crippen LogP contribution >= 0.6 is 0 Å². The largest absolute Gasteiger partial charge is 1.00 e. The van der Waals surface area contributed by atoms with Crippen molar-refractivity contribution in [1.29, 1.82) is 0 Å². The Morgan fingerprint density at radius 1 is 1.36 bits per heavy atom. The van der Waals surface area contributed by atoms with Crippen molar-refractivity contribution in [1.82, 2.24) is 0 Å². The molecule has 0 aliphatic rings. The van der Waals surface area contributed by atoms with Crippen LogP contribution in [0.3, 0.4) is 0 Å². The summed E-state index contributed by atoms with van der Waals surface area (Å²) in [5.74, 6) is -1.92. The van der Waals surface area contributed by atoms with E-state index < -0.39 is 11.9 Å². The summed E-state index contributed by atoms with van der Waals surface area (Å²) >= 11 is 0. The molecule has 0 aliphatic carbocycles. The minimum atomic E-state index is -1.08. The fourth-order valence-corrected chi connectivity index (χ4v) is 0. The molecule has 0 spiro atoms. The van der Waals surface area contributed by atoms with E-state index in [-0.39, 0.29) is 53.6 Å². The van der Waals surface area contributed by atoms with E-state index in [4.69, 9.17) is 19.8 Å². The molecular weight excluding hydrogens is 237 g/mol. The molecule has 11 heavy (non-hydrogen) atoms. The van der Waals surface area contributed by atoms with Gasteiger partial charge in [0.15, 0.2) is 5.97 Å². The summed E-state index contributed by atoms with van der Waals surface area (Å²) in [7, 11) is 0. The van der Waals surface area contributed by atoms with Crippen molar-refractivity contribution in [3.8, 4) is 0 Å². The molecule has 0 bridgehead atoms. The van der Waals surface area contributed by atoms with Crippen LogP contribution in [0.2, 0.25) is 0 Å². The molecule has 0 aromatic carbocycles. The van der Waals surface area contributed by atoms with Crippen molar-refractivity contribution in [3.05, 3.63) is 6.92 Å². The first-order chi connectivity index (χ1) is 3.46. The molecule has 0 saturated heterocycles. The Hall–Kier alpha value is 0.407. The maximum absolute atomic E-state index is 9.00. The zero-order valence-corrected chi connectivity index (χ0v) is 8.10. The van der Waals surface area contributed by atoms with Crippen LogP contribution in [0.1, 0.15) is 8.35 Å². The Labute approximate surface area is 98.9 Å². The average molecular weight is 245 g/mol. The SMILES string of the molecule is CC(=O)O.[CH2-]C(=O)O.[Co].[H-].[Li+].[Ni]. The molecule has 0 saturated carbocycles. The fraction of sp³-hybridized carbons (Fsp3) is 0.250. The third-order valence-electron chi connectivity index (χ3n) is 0. The summed E-state index contributed by atoms with van der Waals surface area (Å²) in [4.78, 5) is 17.9. The Bertz CT molecular complexity index is 85.1. The Morgan fingerprint density at radius 2 is 1.36 bits per heavy atom. The number of carboxylic acid groups (broad SMARTS) is 2. The molecule has 0 amide bonds. The third-order valence-corrected chi connectivity index (χ3v) is 0. The Morgan fingerprint density at radius 3 is 1.36 bits per heavy atom. The second kappa shape index (κ2) is 22.4. The molecule has 0 atom stereocenters. The number of hydrogen-bond acceptors (Lipinski definition) is 2. The monoisotopic (exact) mass is 244 g/mol. The Balaban J connectivity index is -0.0000000112. The van der Waals surface area contributed by atoms with Crippen LogP contribution in [-0.2, 0) is 42.9 Å². The van der Waals surface area contributed by atoms with Crippen molar-refractivity contribution in [2.24, 2.45) is 0 Å². The molecule has 69 valence electrons. The number of aliphatic carboxylic acids is 2. The molecule has 0 rings (SSSR count). The molecule has 2 N–H and O–H groups in total. The summed E-state index contributed by atoms with van der Waals surface area (Å²) < 4.78 is 0. The van der Waals surface area contributed by atoms with Gasteiger partial charge >= 0.3 is 18.9 Å². The first kappa shape index (κ1) is 30.1. The van der Waals surface area contributed by atoms with Crippen LogP contribution in [0, 0.1) is 6.92 Å². The van der Waals surface area contributed by atoms with Crippen LogP contribution in [0.15, 0.2) is 0 Å². The van der Waals surface area contributed by atoms with Gasteiger partial charge in [0, 0.05) is 40.2 Å². The zero-order valence-electron chi connectivity index (χ0n) is 7.07. The van der Waals surface area contributed by atoms with Gasteiger partial charge in [-0.25, -0.2) is 0 Å². The maximum Gasteiger partial charge on any atom is 1.00 e. The van der Waals surface area contributed by atoms with Crippen LogP contribution < -0.4 is 18.9 Å². The van der Waals surface area contributed by atoms with Crippen LogP contribution in [0.5, 0.6) is 0 Å². The number of rotatable bonds is 0. The predicted molar refractivity (Wildman–Crippen MR) is 27.4 cm³/mol. The van der Waals surface area contributed by atoms with E-state index >= 15 is 0 Å². The van der Waals surface area contributed by atoms with E-state index in [9.17, 15) is 0 Å². The second-order valence-corrected chi connectivity index (χ2v) is 0.913. The molecule has 0 aromatic rings. The minimum Gasteiger partial charge on any atom is -1.00 e. The van der Waals surface area contributed by atoms with Gasteiger partial charge in [-0.3, -0.25) is 16.5 Å². The third kappa shape index (κ3) is 4430. The van der Waals surface area contributed by atoms with E-state index in [1.807, 2.05) is 0 Å². The quantitative estimate of drug-likeness (QED) is 0.354. The van der Waals surface area contributed by atoms with Gasteiger partial charge in [0.1, 0.15) is 0 Å². The zero-order chi connectivity index (χ0) is 7.15. The molecule has 0 unspecified atom stereocenters. The predicted octanol–water partition coefficient (Wildman–Crippen LogP) is -2.89. The molecule has 7 heteroatoms. The summed E-state index contributed by atoms with van der Waals surface area (Å²) in [6.07, 6.45) is 0. The van der Waals surface area contributed by atoms with Gasteiger partial charge in [0.2, 0.25) is 0 Å². The summed E-state index contributed by atoms with van der Waals surface area (Å²) in [5, 5.41) is 14.7. The molecule has 1 radical (unpaired) electrons. The van der Waals surface area contributed by atoms with E-state index in [0.717, 1.165) is 6.92 Å². The molecule has 4 nitrogen and oxygen atoms in total. The second-order valence-electron chi connectivity index (χ2n) is 0.913. The van der Waals surface area contributed by atoms with Crippen LogP contribution in [0.4, 0.5) is 0 Å². The standard InChI is InChI=1S/C2H4O2.C2H3O2.Co.Li.Ni.H/c2*1-2(3)4;;;;/h1H3,(H,3,4);1H2,(H,3,4);;;;/q;-1;;+1;;-1. The molecule has 0 heterocycles. The maximum atomic E-state index is 9.00. The van der Waals surface area contributed by atoms with Crippen molar-refractivity contribution in [2.45, 2.75) is 6.92 Å². The summed E-state index contributed by atoms with van der Waals surface area (Å²) in [5.41, 5.74) is 0. The first-order valence-electron chi connectivity index (χ1n) is 1.71. The summed E-state index contributed by atoms with van der Waals surface area (Å²) in [6, 6.07) is 0. The molecule has 0 fully saturated rings. The normalized spacial score (nSPS) is 4.45. The van der Waals surface area contributed by atoms with Crippen molar-refractivity contribution >= 4 is 11.9 Å². The number of carboxylic acids is 2. The number of hydrogen-bond donors (Lipinski definition) is 2. The Kier molecular flexibility index (Phi) is 61.4. The topological polar surface area (TPSA) is 74.6 Å². The van der Waals surface area contributed by atoms with Crippen molar-refractivity contribution in [2.75, 3.05) is 0 Å². The van der Waals surface area contributed by atoms with Gasteiger partial charge < -0.3 is 11.6 Å². The number of carbonyl (C=O) groups is 2. The van der Waals surface area contributed by atoms with E-state index in [1.54, 1.807) is 0 Å². The fourth-order valence-electron chi connectivity index (χ4n) is 0. The van der Waals surface area contributed by atoms with E-state index in [1.165, 1.54) is 0 Å². The minimum absolute atomic E-state index is 0. The van der Waals surface area contributed by atoms with Gasteiger partial charge in [-0.15, -0.1) is 0 Å². The van der Waals surface area contributed by atoms with Gasteiger partial charge in [0.05, 0.1) is 0 Å². The van der Waals surface area contributed by atoms with E-state index in [0.29, 0.717) is 0 Å². The smallest absolute Gasteiger partial charge is 1.00 e. The molecule has 0 aromatic heterocycles. The summed E-state index contributed by atoms with van der Waals surface area (Å²) in [6.45, 7) is 3.64. The molecular formula is C4H8CoLiNiO4-. The molecule has 0 aliphatic heterocycles. The van der Waals surface area contributed by atoms with Crippen molar-refractivity contribution < 1.29 is 73.4 Å². The van der Waals surface area contributed by atoms with Crippen LogP contribution in [0.25, 0.3) is 0 Å². The van der Waals surface area contributed by atoms with Gasteiger partial charge in [-0.05, 0) is 0 Å². The van der Waals surface area contributed by atoms with E-state index in [2.05, 4.69) is 6.92 Å². The average Bonchev–Trinajstić information content (AvgIpc) is 1.25. The first-order valence-corrected chi connectivity index (χ1v) is 1.71. The van der Waals surface area contributed by atoms with Crippen molar-refractivity contribution in [3.63, 3.8) is 0 Å². The van der Waals surface area contributed by atoms with Gasteiger partial charge in [0.25, 0.3) is 5.97 Å². The van der Waals surface area contributed by atoms with Crippen LogP contribution in [-0.4, -0.2) is 22.2 Å².